The van der Waals surface area contributed by atoms with Gasteiger partial charge in [-0.25, -0.2) is 0 Å². The van der Waals surface area contributed by atoms with Crippen molar-refractivity contribution in [3.63, 3.8) is 0 Å². The molecule has 0 saturated carbocycles. The van der Waals surface area contributed by atoms with E-state index in [1.807, 2.05) is 0 Å². The van der Waals surface area contributed by atoms with Gasteiger partial charge in [-0.1, -0.05) is 24.3 Å². The molecule has 3 heteroatoms. The smallest absolute Gasteiger partial charge is 0.0654 e. The molecule has 0 spiro atoms. The van der Waals surface area contributed by atoms with Gasteiger partial charge in [0.2, 0.25) is 0 Å². The molecule has 0 radical (unpaired) electrons. The third-order valence-electron chi connectivity index (χ3n) is 1.02. The van der Waals surface area contributed by atoms with Crippen LogP contribution in [0.15, 0.2) is 0 Å². The van der Waals surface area contributed by atoms with Gasteiger partial charge in [-0.3, -0.25) is 0 Å². The summed E-state index contributed by atoms with van der Waals surface area (Å²) in [6.45, 7) is 3.95. The zero-order valence-electron chi connectivity index (χ0n) is 6.09. The highest BCUT2D eigenvalue weighted by Gasteiger charge is 2.05. The SMILES string of the molecule is CCCCCS[P+](C)=O. The zero-order valence-corrected chi connectivity index (χ0v) is 7.80. The quantitative estimate of drug-likeness (QED) is 0.459. The standard InChI is InChI=1S/C6H14OPS/c1-3-4-5-6-9-8(2)7/h3-6H2,1-2H3/q+1. The van der Waals surface area contributed by atoms with Crippen molar-refractivity contribution < 1.29 is 4.57 Å². The normalized spacial score (nSPS) is 11.6. The lowest BCUT2D eigenvalue weighted by Crippen LogP contribution is -1.74. The second-order valence-corrected chi connectivity index (χ2v) is 5.84. The van der Waals surface area contributed by atoms with E-state index in [-0.39, 0.29) is 0 Å². The summed E-state index contributed by atoms with van der Waals surface area (Å²) >= 11 is 1.58. The number of hydrogen-bond donors (Lipinski definition) is 0. The molecule has 9 heavy (non-hydrogen) atoms. The Morgan fingerprint density at radius 1 is 1.44 bits per heavy atom. The lowest BCUT2D eigenvalue weighted by atomic mass is 10.3. The Morgan fingerprint density at radius 2 is 2.11 bits per heavy atom. The molecule has 0 heterocycles. The summed E-state index contributed by atoms with van der Waals surface area (Å²) in [5.74, 6) is 1.07. The van der Waals surface area contributed by atoms with E-state index in [2.05, 4.69) is 6.92 Å². The minimum atomic E-state index is -0.950. The van der Waals surface area contributed by atoms with Gasteiger partial charge in [-0.2, -0.15) is 0 Å². The molecule has 1 atom stereocenters. The number of rotatable bonds is 5. The first kappa shape index (κ1) is 9.45. The van der Waals surface area contributed by atoms with E-state index in [1.165, 1.54) is 19.3 Å². The molecule has 0 aliphatic heterocycles. The van der Waals surface area contributed by atoms with Crippen LogP contribution in [0.1, 0.15) is 26.2 Å². The van der Waals surface area contributed by atoms with Gasteiger partial charge in [0.1, 0.15) is 18.0 Å². The molecule has 54 valence electrons. The highest BCUT2D eigenvalue weighted by molar-refractivity contribution is 8.51. The molecule has 0 fully saturated rings. The van der Waals surface area contributed by atoms with Crippen LogP contribution in [0.5, 0.6) is 0 Å². The summed E-state index contributed by atoms with van der Waals surface area (Å²) in [4.78, 5) is 0. The fourth-order valence-electron chi connectivity index (χ4n) is 0.545. The van der Waals surface area contributed by atoms with Crippen molar-refractivity contribution in [1.29, 1.82) is 0 Å². The predicted octanol–water partition coefficient (Wildman–Crippen LogP) is 3.28. The van der Waals surface area contributed by atoms with Gasteiger partial charge in [0.05, 0.1) is 0 Å². The van der Waals surface area contributed by atoms with E-state index >= 15 is 0 Å². The molecule has 0 N–H and O–H groups in total. The van der Waals surface area contributed by atoms with Crippen molar-refractivity contribution >= 4 is 18.4 Å². The Labute approximate surface area is 62.1 Å². The first-order valence-electron chi connectivity index (χ1n) is 3.31. The summed E-state index contributed by atoms with van der Waals surface area (Å²) < 4.78 is 10.5. The molecule has 0 amide bonds. The van der Waals surface area contributed by atoms with Gasteiger partial charge in [0.25, 0.3) is 0 Å². The molecule has 1 nitrogen and oxygen atoms in total. The van der Waals surface area contributed by atoms with Gasteiger partial charge >= 0.3 is 7.00 Å². The fraction of sp³-hybridized carbons (Fsp3) is 1.00. The molecule has 0 aliphatic carbocycles. The van der Waals surface area contributed by atoms with Gasteiger partial charge in [-0.05, 0) is 6.42 Å². The highest BCUT2D eigenvalue weighted by Crippen LogP contribution is 2.33. The largest absolute Gasteiger partial charge is 0.407 e. The molecule has 0 aromatic carbocycles. The van der Waals surface area contributed by atoms with Crippen LogP contribution in [0.4, 0.5) is 0 Å². The van der Waals surface area contributed by atoms with E-state index in [9.17, 15) is 4.57 Å². The van der Waals surface area contributed by atoms with Crippen molar-refractivity contribution in [1.82, 2.24) is 0 Å². The predicted molar refractivity (Wildman–Crippen MR) is 45.5 cm³/mol. The maximum atomic E-state index is 10.5. The Morgan fingerprint density at radius 3 is 2.56 bits per heavy atom. The fourth-order valence-corrected chi connectivity index (χ4v) is 2.29. The highest BCUT2D eigenvalue weighted by atomic mass is 32.7. The van der Waals surface area contributed by atoms with Gasteiger partial charge in [0.15, 0.2) is 0 Å². The molecule has 0 aliphatic rings. The monoisotopic (exact) mass is 165 g/mol. The third-order valence-corrected chi connectivity index (χ3v) is 3.49. The third kappa shape index (κ3) is 8.45. The Balaban J connectivity index is 2.83. The lowest BCUT2D eigenvalue weighted by Gasteiger charge is -1.87. The molecule has 0 rings (SSSR count). The molecule has 0 saturated heterocycles. The van der Waals surface area contributed by atoms with Gasteiger partial charge < -0.3 is 0 Å². The molecule has 0 aromatic heterocycles. The lowest BCUT2D eigenvalue weighted by molar-refractivity contribution is 0.599. The van der Waals surface area contributed by atoms with E-state index < -0.39 is 7.00 Å². The second-order valence-electron chi connectivity index (χ2n) is 1.98. The summed E-state index contributed by atoms with van der Waals surface area (Å²) in [7, 11) is -0.950. The zero-order chi connectivity index (χ0) is 7.11. The van der Waals surface area contributed by atoms with E-state index in [4.69, 9.17) is 0 Å². The average Bonchev–Trinajstić information content (AvgIpc) is 1.80. The van der Waals surface area contributed by atoms with Crippen LogP contribution in [0.2, 0.25) is 0 Å². The minimum Gasteiger partial charge on any atom is -0.0654 e. The van der Waals surface area contributed by atoms with Crippen LogP contribution in [0, 0.1) is 0 Å². The molecule has 1 unspecified atom stereocenters. The van der Waals surface area contributed by atoms with Crippen LogP contribution >= 0.6 is 18.4 Å². The van der Waals surface area contributed by atoms with Crippen molar-refractivity contribution in [2.24, 2.45) is 0 Å². The molecular weight excluding hydrogens is 151 g/mol. The van der Waals surface area contributed by atoms with E-state index in [0.717, 1.165) is 5.75 Å². The maximum Gasteiger partial charge on any atom is 0.407 e. The summed E-state index contributed by atoms with van der Waals surface area (Å²) in [5.41, 5.74) is 0. The van der Waals surface area contributed by atoms with Crippen LogP contribution < -0.4 is 0 Å². The summed E-state index contributed by atoms with van der Waals surface area (Å²) in [5, 5.41) is 0. The van der Waals surface area contributed by atoms with Crippen molar-refractivity contribution in [3.8, 4) is 0 Å². The summed E-state index contributed by atoms with van der Waals surface area (Å²) in [6.07, 6.45) is 3.74. The van der Waals surface area contributed by atoms with Crippen molar-refractivity contribution in [3.05, 3.63) is 0 Å². The number of unbranched alkanes of at least 4 members (excludes halogenated alkanes) is 2. The van der Waals surface area contributed by atoms with Crippen LogP contribution in [0.3, 0.4) is 0 Å². The minimum absolute atomic E-state index is 0.950. The van der Waals surface area contributed by atoms with E-state index in [0.29, 0.717) is 0 Å². The van der Waals surface area contributed by atoms with Crippen molar-refractivity contribution in [2.75, 3.05) is 12.4 Å². The van der Waals surface area contributed by atoms with Crippen molar-refractivity contribution in [2.45, 2.75) is 26.2 Å². The van der Waals surface area contributed by atoms with Crippen LogP contribution in [-0.2, 0) is 4.57 Å². The Hall–Kier alpha value is 0.450. The van der Waals surface area contributed by atoms with Crippen LogP contribution in [0.25, 0.3) is 0 Å². The maximum absolute atomic E-state index is 10.5. The molecular formula is C6H14OPS+. The van der Waals surface area contributed by atoms with E-state index in [1.54, 1.807) is 18.0 Å². The second kappa shape index (κ2) is 6.57. The molecule has 0 aromatic rings. The summed E-state index contributed by atoms with van der Waals surface area (Å²) in [6, 6.07) is 0. The first-order valence-corrected chi connectivity index (χ1v) is 6.61. The molecule has 0 bridgehead atoms. The van der Waals surface area contributed by atoms with Gasteiger partial charge in [-0.15, -0.1) is 0 Å². The van der Waals surface area contributed by atoms with Gasteiger partial charge in [0, 0.05) is 5.75 Å². The first-order chi connectivity index (χ1) is 4.27. The number of hydrogen-bond acceptors (Lipinski definition) is 2. The Bertz CT molecular complexity index is 85.1. The average molecular weight is 165 g/mol. The Kier molecular flexibility index (Phi) is 6.90. The van der Waals surface area contributed by atoms with Crippen LogP contribution in [-0.4, -0.2) is 12.4 Å². The topological polar surface area (TPSA) is 17.1 Å².